The number of hydrogen-bond donors (Lipinski definition) is 0. The Morgan fingerprint density at radius 3 is 2.52 bits per heavy atom. The van der Waals surface area contributed by atoms with Crippen LogP contribution in [-0.2, 0) is 4.79 Å². The predicted octanol–water partition coefficient (Wildman–Crippen LogP) is 4.54. The minimum atomic E-state index is -0.294. The van der Waals surface area contributed by atoms with E-state index in [9.17, 15) is 9.59 Å². The molecule has 23 heavy (non-hydrogen) atoms. The lowest BCUT2D eigenvalue weighted by Gasteiger charge is -2.11. The summed E-state index contributed by atoms with van der Waals surface area (Å²) < 4.78 is 6.17. The SMILES string of the molecule is COc1ccc(C=C2SC(=O)N(c3ccccc3)C2=O)cc1I. The van der Waals surface area contributed by atoms with Gasteiger partial charge in [0.15, 0.2) is 0 Å². The highest BCUT2D eigenvalue weighted by molar-refractivity contribution is 14.1. The van der Waals surface area contributed by atoms with E-state index in [1.165, 1.54) is 4.90 Å². The Bertz CT molecular complexity index is 805. The molecule has 6 heteroatoms. The van der Waals surface area contributed by atoms with E-state index in [1.807, 2.05) is 24.3 Å². The highest BCUT2D eigenvalue weighted by atomic mass is 127. The van der Waals surface area contributed by atoms with Crippen LogP contribution in [0.15, 0.2) is 53.4 Å². The molecule has 2 aromatic carbocycles. The second-order valence-corrected chi connectivity index (χ2v) is 6.90. The summed E-state index contributed by atoms with van der Waals surface area (Å²) in [7, 11) is 1.61. The van der Waals surface area contributed by atoms with Gasteiger partial charge in [0.05, 0.1) is 21.3 Å². The maximum atomic E-state index is 12.5. The average molecular weight is 437 g/mol. The fraction of sp³-hybridized carbons (Fsp3) is 0.0588. The topological polar surface area (TPSA) is 46.6 Å². The molecule has 0 unspecified atom stereocenters. The lowest BCUT2D eigenvalue weighted by molar-refractivity contribution is -0.113. The Morgan fingerprint density at radius 1 is 1.13 bits per heavy atom. The zero-order valence-corrected chi connectivity index (χ0v) is 15.1. The normalized spacial score (nSPS) is 16.3. The fourth-order valence-corrected chi connectivity index (χ4v) is 3.79. The largest absolute Gasteiger partial charge is 0.496 e. The van der Waals surface area contributed by atoms with Gasteiger partial charge in [0, 0.05) is 0 Å². The molecule has 1 heterocycles. The minimum absolute atomic E-state index is 0.282. The van der Waals surface area contributed by atoms with Crippen molar-refractivity contribution >= 4 is 57.3 Å². The van der Waals surface area contributed by atoms with Crippen LogP contribution in [0.3, 0.4) is 0 Å². The number of carbonyl (C=O) groups is 2. The molecule has 0 aromatic heterocycles. The Hall–Kier alpha value is -1.80. The van der Waals surface area contributed by atoms with Crippen molar-refractivity contribution in [3.63, 3.8) is 0 Å². The van der Waals surface area contributed by atoms with E-state index >= 15 is 0 Å². The molecule has 3 rings (SSSR count). The van der Waals surface area contributed by atoms with Crippen molar-refractivity contribution in [2.45, 2.75) is 0 Å². The number of imide groups is 1. The third-order valence-electron chi connectivity index (χ3n) is 3.28. The van der Waals surface area contributed by atoms with Crippen LogP contribution in [0, 0.1) is 3.57 Å². The van der Waals surface area contributed by atoms with E-state index in [1.54, 1.807) is 37.5 Å². The third-order valence-corrected chi connectivity index (χ3v) is 4.99. The molecule has 1 aliphatic heterocycles. The number of thioether (sulfide) groups is 1. The van der Waals surface area contributed by atoms with E-state index in [2.05, 4.69) is 22.6 Å². The molecule has 0 aliphatic carbocycles. The average Bonchev–Trinajstić information content (AvgIpc) is 2.82. The number of methoxy groups -OCH3 is 1. The number of amides is 2. The Kier molecular flexibility index (Phi) is 4.72. The van der Waals surface area contributed by atoms with Crippen molar-refractivity contribution in [3.05, 3.63) is 62.6 Å². The van der Waals surface area contributed by atoms with Gasteiger partial charge in [-0.25, -0.2) is 4.90 Å². The highest BCUT2D eigenvalue weighted by Crippen LogP contribution is 2.36. The van der Waals surface area contributed by atoms with Crippen LogP contribution >= 0.6 is 34.4 Å². The second-order valence-electron chi connectivity index (χ2n) is 4.75. The molecule has 0 atom stereocenters. The first-order valence-corrected chi connectivity index (χ1v) is 8.66. The number of hydrogen-bond acceptors (Lipinski definition) is 4. The van der Waals surface area contributed by atoms with Gasteiger partial charge in [-0.1, -0.05) is 24.3 Å². The summed E-state index contributed by atoms with van der Waals surface area (Å²) >= 11 is 3.12. The van der Waals surface area contributed by atoms with Crippen molar-refractivity contribution in [1.82, 2.24) is 0 Å². The Morgan fingerprint density at radius 2 is 1.87 bits per heavy atom. The smallest absolute Gasteiger partial charge is 0.298 e. The molecule has 2 amide bonds. The molecule has 0 N–H and O–H groups in total. The molecular weight excluding hydrogens is 425 g/mol. The second kappa shape index (κ2) is 6.76. The van der Waals surface area contributed by atoms with Gasteiger partial charge in [-0.05, 0) is 70.3 Å². The summed E-state index contributed by atoms with van der Waals surface area (Å²) in [4.78, 5) is 26.3. The summed E-state index contributed by atoms with van der Waals surface area (Å²) in [5.41, 5.74) is 1.44. The molecule has 0 spiro atoms. The number of rotatable bonds is 3. The van der Waals surface area contributed by atoms with Gasteiger partial charge in [-0.3, -0.25) is 9.59 Å². The van der Waals surface area contributed by atoms with Crippen molar-refractivity contribution < 1.29 is 14.3 Å². The number of carbonyl (C=O) groups excluding carboxylic acids is 2. The van der Waals surface area contributed by atoms with Crippen LogP contribution in [0.2, 0.25) is 0 Å². The minimum Gasteiger partial charge on any atom is -0.496 e. The van der Waals surface area contributed by atoms with Crippen molar-refractivity contribution in [1.29, 1.82) is 0 Å². The molecule has 1 saturated heterocycles. The monoisotopic (exact) mass is 437 g/mol. The maximum Gasteiger partial charge on any atom is 0.298 e. The van der Waals surface area contributed by atoms with Gasteiger partial charge in [-0.2, -0.15) is 0 Å². The highest BCUT2D eigenvalue weighted by Gasteiger charge is 2.36. The quantitative estimate of drug-likeness (QED) is 0.523. The van der Waals surface area contributed by atoms with E-state index in [-0.39, 0.29) is 11.1 Å². The summed E-state index contributed by atoms with van der Waals surface area (Å²) in [5, 5.41) is -0.282. The first-order valence-electron chi connectivity index (χ1n) is 6.76. The molecule has 1 aliphatic rings. The van der Waals surface area contributed by atoms with Gasteiger partial charge in [0.25, 0.3) is 11.1 Å². The van der Waals surface area contributed by atoms with Gasteiger partial charge >= 0.3 is 0 Å². The molecule has 4 nitrogen and oxygen atoms in total. The molecule has 0 radical (unpaired) electrons. The summed E-state index contributed by atoms with van der Waals surface area (Å²) in [6, 6.07) is 14.5. The first-order chi connectivity index (χ1) is 11.1. The van der Waals surface area contributed by atoms with Crippen molar-refractivity contribution in [2.75, 3.05) is 12.0 Å². The van der Waals surface area contributed by atoms with E-state index < -0.39 is 0 Å². The van der Waals surface area contributed by atoms with Crippen molar-refractivity contribution in [2.24, 2.45) is 0 Å². The van der Waals surface area contributed by atoms with Gasteiger partial charge in [-0.15, -0.1) is 0 Å². The molecular formula is C17H12INO3S. The van der Waals surface area contributed by atoms with Gasteiger partial charge in [0.2, 0.25) is 0 Å². The molecule has 0 saturated carbocycles. The third kappa shape index (κ3) is 3.28. The van der Waals surface area contributed by atoms with Crippen LogP contribution in [-0.4, -0.2) is 18.3 Å². The maximum absolute atomic E-state index is 12.5. The number of benzene rings is 2. The Labute approximate surface area is 151 Å². The van der Waals surface area contributed by atoms with Crippen LogP contribution in [0.25, 0.3) is 6.08 Å². The van der Waals surface area contributed by atoms with Gasteiger partial charge < -0.3 is 4.74 Å². The Balaban J connectivity index is 1.91. The fourth-order valence-electron chi connectivity index (χ4n) is 2.19. The van der Waals surface area contributed by atoms with E-state index in [4.69, 9.17) is 4.74 Å². The molecule has 116 valence electrons. The number of halogens is 1. The predicted molar refractivity (Wildman–Crippen MR) is 101 cm³/mol. The lowest BCUT2D eigenvalue weighted by Crippen LogP contribution is -2.27. The van der Waals surface area contributed by atoms with E-state index in [0.29, 0.717) is 10.6 Å². The zero-order chi connectivity index (χ0) is 16.4. The molecule has 2 aromatic rings. The summed E-state index contributed by atoms with van der Waals surface area (Å²) in [6.45, 7) is 0. The van der Waals surface area contributed by atoms with Crippen molar-refractivity contribution in [3.8, 4) is 5.75 Å². The number of para-hydroxylation sites is 1. The van der Waals surface area contributed by atoms with Crippen LogP contribution in [0.4, 0.5) is 10.5 Å². The zero-order valence-electron chi connectivity index (χ0n) is 12.2. The molecule has 1 fully saturated rings. The number of ether oxygens (including phenoxy) is 1. The lowest BCUT2D eigenvalue weighted by atomic mass is 10.2. The van der Waals surface area contributed by atoms with Crippen LogP contribution < -0.4 is 9.64 Å². The number of anilines is 1. The standard InChI is InChI=1S/C17H12INO3S/c1-22-14-8-7-11(9-13(14)18)10-15-16(20)19(17(21)23-15)12-5-3-2-4-6-12/h2-10H,1H3. The first kappa shape index (κ1) is 16.1. The summed E-state index contributed by atoms with van der Waals surface area (Å²) in [5.74, 6) is 0.483. The number of nitrogens with zero attached hydrogens (tertiary/aromatic N) is 1. The van der Waals surface area contributed by atoms with Crippen LogP contribution in [0.1, 0.15) is 5.56 Å². The summed E-state index contributed by atoms with van der Waals surface area (Å²) in [6.07, 6.45) is 1.73. The molecule has 0 bridgehead atoms. The van der Waals surface area contributed by atoms with E-state index in [0.717, 1.165) is 26.6 Å². The van der Waals surface area contributed by atoms with Crippen LogP contribution in [0.5, 0.6) is 5.75 Å². The van der Waals surface area contributed by atoms with Gasteiger partial charge in [0.1, 0.15) is 5.75 Å².